The van der Waals surface area contributed by atoms with Crippen LogP contribution in [0.15, 0.2) is 35.1 Å². The molecule has 0 radical (unpaired) electrons. The molecule has 0 spiro atoms. The monoisotopic (exact) mass is 361 g/mol. The number of hydrogen-bond donors (Lipinski definition) is 1. The summed E-state index contributed by atoms with van der Waals surface area (Å²) in [6.45, 7) is 0. The predicted octanol–water partition coefficient (Wildman–Crippen LogP) is 4.11. The maximum absolute atomic E-state index is 12.5. The van der Waals surface area contributed by atoms with Gasteiger partial charge in [0.1, 0.15) is 0 Å². The first-order valence-corrected chi connectivity index (χ1v) is 7.07. The van der Waals surface area contributed by atoms with Gasteiger partial charge in [-0.05, 0) is 31.0 Å². The van der Waals surface area contributed by atoms with E-state index in [2.05, 4.69) is 31.0 Å². The Hall–Kier alpha value is -1.70. The van der Waals surface area contributed by atoms with Gasteiger partial charge in [-0.1, -0.05) is 15.9 Å². The second kappa shape index (κ2) is 5.25. The minimum absolute atomic E-state index is 0.274. The molecule has 1 aliphatic rings. The number of rotatable bonds is 4. The van der Waals surface area contributed by atoms with E-state index in [0.29, 0.717) is 16.5 Å². The van der Waals surface area contributed by atoms with Crippen molar-refractivity contribution in [1.82, 2.24) is 9.55 Å². The zero-order valence-corrected chi connectivity index (χ0v) is 12.3. The lowest BCUT2D eigenvalue weighted by Crippen LogP contribution is -2.18. The van der Waals surface area contributed by atoms with Gasteiger partial charge in [-0.2, -0.15) is 0 Å². The van der Waals surface area contributed by atoms with Gasteiger partial charge in [0.15, 0.2) is 5.75 Å². The molecule has 1 N–H and O–H groups in total. The molecule has 0 atom stereocenters. The zero-order valence-electron chi connectivity index (χ0n) is 10.7. The normalized spacial score (nSPS) is 15.0. The molecule has 1 heterocycles. The molecule has 0 aliphatic heterocycles. The lowest BCUT2D eigenvalue weighted by Gasteiger charge is -2.16. The highest BCUT2D eigenvalue weighted by molar-refractivity contribution is 9.10. The molecule has 0 amide bonds. The molecule has 0 saturated heterocycles. The Morgan fingerprint density at radius 3 is 2.76 bits per heavy atom. The summed E-state index contributed by atoms with van der Waals surface area (Å²) in [7, 11) is 0. The van der Waals surface area contributed by atoms with E-state index in [1.165, 1.54) is 12.3 Å². The summed E-state index contributed by atoms with van der Waals surface area (Å²) in [5, 5.41) is 3.17. The number of nitrogens with one attached hydrogen (secondary N) is 1. The van der Waals surface area contributed by atoms with Gasteiger partial charge >= 0.3 is 6.36 Å². The van der Waals surface area contributed by atoms with E-state index in [1.54, 1.807) is 22.9 Å². The van der Waals surface area contributed by atoms with Gasteiger partial charge in [0.25, 0.3) is 0 Å². The van der Waals surface area contributed by atoms with Crippen molar-refractivity contribution >= 4 is 21.9 Å². The summed E-state index contributed by atoms with van der Waals surface area (Å²) in [4.78, 5) is 4.14. The second-order valence-electron chi connectivity index (χ2n) is 4.70. The fraction of sp³-hybridized carbons (Fsp3) is 0.308. The lowest BCUT2D eigenvalue weighted by atomic mass is 10.3. The Kier molecular flexibility index (Phi) is 3.56. The van der Waals surface area contributed by atoms with Gasteiger partial charge < -0.3 is 10.1 Å². The van der Waals surface area contributed by atoms with Crippen LogP contribution in [-0.4, -0.2) is 22.0 Å². The Balaban J connectivity index is 1.99. The fourth-order valence-corrected chi connectivity index (χ4v) is 2.25. The largest absolute Gasteiger partial charge is 0.573 e. The topological polar surface area (TPSA) is 39.1 Å². The smallest absolute Gasteiger partial charge is 0.403 e. The van der Waals surface area contributed by atoms with Crippen LogP contribution >= 0.6 is 15.9 Å². The molecule has 8 heteroatoms. The molecule has 0 unspecified atom stereocenters. The quantitative estimate of drug-likeness (QED) is 0.890. The number of alkyl halides is 3. The minimum atomic E-state index is -4.75. The Bertz CT molecular complexity index is 652. The molecule has 1 fully saturated rings. The van der Waals surface area contributed by atoms with E-state index in [0.717, 1.165) is 12.8 Å². The van der Waals surface area contributed by atoms with Crippen LogP contribution in [0.5, 0.6) is 5.75 Å². The van der Waals surface area contributed by atoms with E-state index >= 15 is 0 Å². The van der Waals surface area contributed by atoms with E-state index in [-0.39, 0.29) is 11.4 Å². The van der Waals surface area contributed by atoms with Crippen molar-refractivity contribution < 1.29 is 17.9 Å². The fourth-order valence-electron chi connectivity index (χ4n) is 1.91. The first-order chi connectivity index (χ1) is 9.92. The van der Waals surface area contributed by atoms with Gasteiger partial charge in [0, 0.05) is 22.9 Å². The van der Waals surface area contributed by atoms with Crippen molar-refractivity contribution in [3.8, 4) is 11.4 Å². The lowest BCUT2D eigenvalue weighted by molar-refractivity contribution is -0.274. The molecular weight excluding hydrogens is 351 g/mol. The van der Waals surface area contributed by atoms with Crippen LogP contribution in [0.25, 0.3) is 5.69 Å². The zero-order chi connectivity index (χ0) is 15.0. The standard InChI is InChI=1S/C13H11BrF3N3O/c14-8-1-4-10(11(7-8)21-13(15,16)17)20-6-5-18-12(20)19-9-2-3-9/h1,4-7,9H,2-3H2,(H,18,19). The minimum Gasteiger partial charge on any atom is -0.403 e. The Morgan fingerprint density at radius 1 is 1.33 bits per heavy atom. The SMILES string of the molecule is FC(F)(F)Oc1cc(Br)ccc1-n1ccnc1NC1CC1. The summed E-state index contributed by atoms with van der Waals surface area (Å²) in [5.74, 6) is 0.223. The van der Waals surface area contributed by atoms with Crippen LogP contribution in [0.1, 0.15) is 12.8 Å². The highest BCUT2D eigenvalue weighted by atomic mass is 79.9. The average molecular weight is 362 g/mol. The van der Waals surface area contributed by atoms with Crippen molar-refractivity contribution in [3.05, 3.63) is 35.1 Å². The van der Waals surface area contributed by atoms with Crippen molar-refractivity contribution in [2.45, 2.75) is 25.2 Å². The maximum atomic E-state index is 12.5. The van der Waals surface area contributed by atoms with Crippen molar-refractivity contribution in [3.63, 3.8) is 0 Å². The van der Waals surface area contributed by atoms with Gasteiger partial charge in [-0.3, -0.25) is 4.57 Å². The van der Waals surface area contributed by atoms with Crippen LogP contribution in [0.4, 0.5) is 19.1 Å². The number of benzene rings is 1. The van der Waals surface area contributed by atoms with E-state index in [1.807, 2.05) is 0 Å². The summed E-state index contributed by atoms with van der Waals surface area (Å²) in [6.07, 6.45) is 0.458. The molecule has 21 heavy (non-hydrogen) atoms. The van der Waals surface area contributed by atoms with Crippen LogP contribution in [0.3, 0.4) is 0 Å². The molecule has 0 bridgehead atoms. The molecular formula is C13H11BrF3N3O. The third kappa shape index (κ3) is 3.49. The molecule has 1 aromatic carbocycles. The maximum Gasteiger partial charge on any atom is 0.573 e. The van der Waals surface area contributed by atoms with E-state index in [4.69, 9.17) is 0 Å². The van der Waals surface area contributed by atoms with Gasteiger partial charge in [0.2, 0.25) is 5.95 Å². The van der Waals surface area contributed by atoms with Crippen molar-refractivity contribution in [2.24, 2.45) is 0 Å². The number of hydrogen-bond acceptors (Lipinski definition) is 3. The summed E-state index contributed by atoms with van der Waals surface area (Å²) >= 11 is 3.15. The third-order valence-corrected chi connectivity index (χ3v) is 3.45. The Labute approximate surface area is 127 Å². The van der Waals surface area contributed by atoms with E-state index < -0.39 is 6.36 Å². The average Bonchev–Trinajstić information content (AvgIpc) is 3.06. The van der Waals surface area contributed by atoms with Gasteiger partial charge in [-0.15, -0.1) is 13.2 Å². The number of halogens is 4. The van der Waals surface area contributed by atoms with Crippen LogP contribution in [0, 0.1) is 0 Å². The molecule has 1 aliphatic carbocycles. The number of ether oxygens (including phenoxy) is 1. The number of imidazole rings is 1. The number of nitrogens with zero attached hydrogens (tertiary/aromatic N) is 2. The summed E-state index contributed by atoms with van der Waals surface area (Å²) in [6, 6.07) is 4.82. The predicted molar refractivity (Wildman–Crippen MR) is 74.6 cm³/mol. The number of aromatic nitrogens is 2. The van der Waals surface area contributed by atoms with Gasteiger partial charge in [-0.25, -0.2) is 4.98 Å². The van der Waals surface area contributed by atoms with E-state index in [9.17, 15) is 13.2 Å². The number of anilines is 1. The molecule has 3 rings (SSSR count). The molecule has 4 nitrogen and oxygen atoms in total. The Morgan fingerprint density at radius 2 is 2.10 bits per heavy atom. The first kappa shape index (κ1) is 14.2. The molecule has 1 aromatic heterocycles. The highest BCUT2D eigenvalue weighted by Gasteiger charge is 2.33. The molecule has 112 valence electrons. The third-order valence-electron chi connectivity index (χ3n) is 2.96. The van der Waals surface area contributed by atoms with Crippen LogP contribution in [-0.2, 0) is 0 Å². The second-order valence-corrected chi connectivity index (χ2v) is 5.61. The van der Waals surface area contributed by atoms with Crippen molar-refractivity contribution in [1.29, 1.82) is 0 Å². The summed E-state index contributed by atoms with van der Waals surface area (Å²) < 4.78 is 43.8. The van der Waals surface area contributed by atoms with Crippen molar-refractivity contribution in [2.75, 3.05) is 5.32 Å². The highest BCUT2D eigenvalue weighted by Crippen LogP contribution is 2.34. The molecule has 1 saturated carbocycles. The first-order valence-electron chi connectivity index (χ1n) is 6.28. The summed E-state index contributed by atoms with van der Waals surface area (Å²) in [5.41, 5.74) is 0.274. The van der Waals surface area contributed by atoms with Crippen LogP contribution < -0.4 is 10.1 Å². The van der Waals surface area contributed by atoms with Crippen LogP contribution in [0.2, 0.25) is 0 Å². The van der Waals surface area contributed by atoms with Gasteiger partial charge in [0.05, 0.1) is 5.69 Å². The molecule has 2 aromatic rings.